The van der Waals surface area contributed by atoms with Gasteiger partial charge in [-0.1, -0.05) is 18.2 Å². The van der Waals surface area contributed by atoms with Crippen LogP contribution in [0.2, 0.25) is 0 Å². The number of carbonyl (C=O) groups is 2. The van der Waals surface area contributed by atoms with E-state index in [1.54, 1.807) is 36.2 Å². The van der Waals surface area contributed by atoms with Gasteiger partial charge in [-0.15, -0.1) is 0 Å². The highest BCUT2D eigenvalue weighted by molar-refractivity contribution is 6.07. The van der Waals surface area contributed by atoms with Crippen molar-refractivity contribution in [3.05, 3.63) is 65.2 Å². The fraction of sp³-hybridized carbons (Fsp3) is 0.300. The summed E-state index contributed by atoms with van der Waals surface area (Å²) in [6, 6.07) is 14.8. The number of hydrogen-bond acceptors (Lipinski definition) is 2. The maximum atomic E-state index is 12.8. The molecule has 0 spiro atoms. The summed E-state index contributed by atoms with van der Waals surface area (Å²) in [6.07, 6.45) is 2.11. The Labute approximate surface area is 142 Å². The Morgan fingerprint density at radius 1 is 0.958 bits per heavy atom. The fourth-order valence-electron chi connectivity index (χ4n) is 3.04. The molecule has 1 aliphatic heterocycles. The van der Waals surface area contributed by atoms with Crippen LogP contribution in [0.15, 0.2) is 48.5 Å². The first-order valence-electron chi connectivity index (χ1n) is 8.30. The highest BCUT2D eigenvalue weighted by Gasteiger charge is 2.21. The number of benzene rings is 2. The Balaban J connectivity index is 1.82. The molecule has 3 rings (SSSR count). The average molecular weight is 322 g/mol. The van der Waals surface area contributed by atoms with Crippen molar-refractivity contribution in [3.63, 3.8) is 0 Å². The van der Waals surface area contributed by atoms with Crippen LogP contribution in [0.1, 0.15) is 39.1 Å². The first-order valence-corrected chi connectivity index (χ1v) is 8.30. The van der Waals surface area contributed by atoms with Crippen LogP contribution < -0.4 is 4.90 Å². The maximum absolute atomic E-state index is 12.8. The summed E-state index contributed by atoms with van der Waals surface area (Å²) < 4.78 is 0. The first kappa shape index (κ1) is 16.2. The quantitative estimate of drug-likeness (QED) is 0.867. The van der Waals surface area contributed by atoms with Crippen LogP contribution in [-0.4, -0.2) is 36.9 Å². The molecule has 0 saturated carbocycles. The Morgan fingerprint density at radius 2 is 1.62 bits per heavy atom. The molecule has 0 aromatic heterocycles. The van der Waals surface area contributed by atoms with Gasteiger partial charge in [-0.25, -0.2) is 0 Å². The molecule has 0 bridgehead atoms. The number of hydrogen-bond donors (Lipinski definition) is 0. The molecule has 0 atom stereocenters. The van der Waals surface area contributed by atoms with E-state index in [-0.39, 0.29) is 11.8 Å². The van der Waals surface area contributed by atoms with Gasteiger partial charge in [-0.05, 0) is 55.7 Å². The van der Waals surface area contributed by atoms with E-state index >= 15 is 0 Å². The molecule has 0 N–H and O–H groups in total. The van der Waals surface area contributed by atoms with E-state index in [0.717, 1.165) is 37.2 Å². The Hall–Kier alpha value is -2.62. The van der Waals surface area contributed by atoms with Crippen LogP contribution in [0.25, 0.3) is 0 Å². The number of anilines is 1. The van der Waals surface area contributed by atoms with E-state index in [4.69, 9.17) is 0 Å². The number of rotatable bonds is 3. The largest absolute Gasteiger partial charge is 0.339 e. The van der Waals surface area contributed by atoms with E-state index < -0.39 is 0 Å². The molecular formula is C20H22N2O2. The van der Waals surface area contributed by atoms with E-state index in [1.165, 1.54) is 0 Å². The van der Waals surface area contributed by atoms with Crippen LogP contribution in [0, 0.1) is 6.92 Å². The zero-order valence-corrected chi connectivity index (χ0v) is 14.2. The van der Waals surface area contributed by atoms with Crippen LogP contribution >= 0.6 is 0 Å². The summed E-state index contributed by atoms with van der Waals surface area (Å²) in [6.45, 7) is 3.61. The lowest BCUT2D eigenvalue weighted by molar-refractivity contribution is 0.0793. The second-order valence-electron chi connectivity index (χ2n) is 6.28. The SMILES string of the molecule is Cc1cccc(N(C)C(=O)c2cccc(C(=O)N3CCCC3)c2)c1. The topological polar surface area (TPSA) is 40.6 Å². The number of likely N-dealkylation sites (tertiary alicyclic amines) is 1. The lowest BCUT2D eigenvalue weighted by Gasteiger charge is -2.19. The van der Waals surface area contributed by atoms with Gasteiger partial charge in [-0.3, -0.25) is 9.59 Å². The minimum atomic E-state index is -0.114. The normalized spacial score (nSPS) is 13.8. The van der Waals surface area contributed by atoms with Gasteiger partial charge in [0, 0.05) is 37.0 Å². The van der Waals surface area contributed by atoms with Crippen molar-refractivity contribution in [2.45, 2.75) is 19.8 Å². The van der Waals surface area contributed by atoms with Crippen molar-refractivity contribution < 1.29 is 9.59 Å². The second-order valence-corrected chi connectivity index (χ2v) is 6.28. The van der Waals surface area contributed by atoms with E-state index in [9.17, 15) is 9.59 Å². The van der Waals surface area contributed by atoms with Gasteiger partial charge in [0.05, 0.1) is 0 Å². The lowest BCUT2D eigenvalue weighted by Crippen LogP contribution is -2.29. The highest BCUT2D eigenvalue weighted by atomic mass is 16.2. The predicted molar refractivity (Wildman–Crippen MR) is 95.5 cm³/mol. The van der Waals surface area contributed by atoms with Gasteiger partial charge in [0.2, 0.25) is 0 Å². The molecule has 1 aliphatic rings. The third kappa shape index (κ3) is 3.32. The standard InChI is InChI=1S/C20H22N2O2/c1-15-7-5-10-18(13-15)21(2)19(23)16-8-6-9-17(14-16)20(24)22-11-3-4-12-22/h5-10,13-14H,3-4,11-12H2,1-2H3. The Kier molecular flexibility index (Phi) is 4.65. The molecule has 1 fully saturated rings. The summed E-state index contributed by atoms with van der Waals surface area (Å²) in [5.41, 5.74) is 3.06. The summed E-state index contributed by atoms with van der Waals surface area (Å²) in [5.74, 6) is -0.1000. The number of aryl methyl sites for hydroxylation is 1. The van der Waals surface area contributed by atoms with Crippen LogP contribution in [0.4, 0.5) is 5.69 Å². The molecule has 4 heteroatoms. The summed E-state index contributed by atoms with van der Waals surface area (Å²) in [4.78, 5) is 28.7. The second kappa shape index (κ2) is 6.87. The molecule has 0 aliphatic carbocycles. The minimum absolute atomic E-state index is 0.0142. The van der Waals surface area contributed by atoms with Gasteiger partial charge in [0.25, 0.3) is 11.8 Å². The van der Waals surface area contributed by atoms with Gasteiger partial charge in [0.15, 0.2) is 0 Å². The number of carbonyl (C=O) groups excluding carboxylic acids is 2. The molecule has 2 amide bonds. The van der Waals surface area contributed by atoms with Gasteiger partial charge in [-0.2, -0.15) is 0 Å². The predicted octanol–water partition coefficient (Wildman–Crippen LogP) is 3.51. The third-order valence-corrected chi connectivity index (χ3v) is 4.44. The minimum Gasteiger partial charge on any atom is -0.339 e. The van der Waals surface area contributed by atoms with Crippen LogP contribution in [-0.2, 0) is 0 Å². The van der Waals surface area contributed by atoms with E-state index in [0.29, 0.717) is 11.1 Å². The monoisotopic (exact) mass is 322 g/mol. The van der Waals surface area contributed by atoms with Crippen molar-refractivity contribution in [1.29, 1.82) is 0 Å². The molecule has 1 saturated heterocycles. The number of nitrogens with zero attached hydrogens (tertiary/aromatic N) is 2. The molecule has 2 aromatic carbocycles. The van der Waals surface area contributed by atoms with Crippen LogP contribution in [0.5, 0.6) is 0 Å². The van der Waals surface area contributed by atoms with Gasteiger partial charge < -0.3 is 9.80 Å². The molecule has 1 heterocycles. The first-order chi connectivity index (χ1) is 11.6. The zero-order chi connectivity index (χ0) is 17.1. The third-order valence-electron chi connectivity index (χ3n) is 4.44. The molecule has 0 unspecified atom stereocenters. The van der Waals surface area contributed by atoms with Gasteiger partial charge >= 0.3 is 0 Å². The van der Waals surface area contributed by atoms with Crippen molar-refractivity contribution in [2.24, 2.45) is 0 Å². The molecule has 4 nitrogen and oxygen atoms in total. The van der Waals surface area contributed by atoms with Crippen molar-refractivity contribution in [3.8, 4) is 0 Å². The van der Waals surface area contributed by atoms with Crippen molar-refractivity contribution >= 4 is 17.5 Å². The molecule has 124 valence electrons. The molecule has 24 heavy (non-hydrogen) atoms. The fourth-order valence-corrected chi connectivity index (χ4v) is 3.04. The smallest absolute Gasteiger partial charge is 0.258 e. The molecular weight excluding hydrogens is 300 g/mol. The zero-order valence-electron chi connectivity index (χ0n) is 14.2. The highest BCUT2D eigenvalue weighted by Crippen LogP contribution is 2.19. The molecule has 0 radical (unpaired) electrons. The summed E-state index contributed by atoms with van der Waals surface area (Å²) >= 11 is 0. The lowest BCUT2D eigenvalue weighted by atomic mass is 10.1. The van der Waals surface area contributed by atoms with E-state index in [1.807, 2.05) is 36.1 Å². The Bertz CT molecular complexity index is 764. The van der Waals surface area contributed by atoms with Crippen molar-refractivity contribution in [2.75, 3.05) is 25.0 Å². The molecule has 2 aromatic rings. The van der Waals surface area contributed by atoms with E-state index in [2.05, 4.69) is 0 Å². The summed E-state index contributed by atoms with van der Waals surface area (Å²) in [5, 5.41) is 0. The Morgan fingerprint density at radius 3 is 2.33 bits per heavy atom. The van der Waals surface area contributed by atoms with Crippen molar-refractivity contribution in [1.82, 2.24) is 4.90 Å². The van der Waals surface area contributed by atoms with Crippen LogP contribution in [0.3, 0.4) is 0 Å². The maximum Gasteiger partial charge on any atom is 0.258 e. The summed E-state index contributed by atoms with van der Waals surface area (Å²) in [7, 11) is 1.76. The number of amides is 2. The van der Waals surface area contributed by atoms with Gasteiger partial charge in [0.1, 0.15) is 0 Å². The average Bonchev–Trinajstić information content (AvgIpc) is 3.14.